The number of carbonyl (C=O) groups is 1. The fourth-order valence-corrected chi connectivity index (χ4v) is 2.65. The first-order valence-electron chi connectivity index (χ1n) is 7.92. The molecule has 0 unspecified atom stereocenters. The van der Waals surface area contributed by atoms with Crippen LogP contribution in [0.1, 0.15) is 43.4 Å². The van der Waals surface area contributed by atoms with Crippen LogP contribution in [0, 0.1) is 5.92 Å². The van der Waals surface area contributed by atoms with Gasteiger partial charge in [-0.3, -0.25) is 4.79 Å². The van der Waals surface area contributed by atoms with Crippen LogP contribution in [0.15, 0.2) is 18.3 Å². The van der Waals surface area contributed by atoms with Gasteiger partial charge in [-0.25, -0.2) is 4.98 Å². The van der Waals surface area contributed by atoms with Gasteiger partial charge in [0.25, 0.3) is 0 Å². The molecule has 0 aliphatic heterocycles. The van der Waals surface area contributed by atoms with Crippen LogP contribution in [0.5, 0.6) is 0 Å². The Morgan fingerprint density at radius 3 is 2.46 bits per heavy atom. The molecule has 2 aromatic heterocycles. The van der Waals surface area contributed by atoms with E-state index in [1.807, 2.05) is 0 Å². The van der Waals surface area contributed by atoms with Crippen LogP contribution in [-0.4, -0.2) is 21.5 Å². The molecule has 1 fully saturated rings. The number of alkyl halides is 6. The van der Waals surface area contributed by atoms with Gasteiger partial charge in [0.2, 0.25) is 5.91 Å². The Balaban J connectivity index is 1.91. The number of nitrogens with one attached hydrogen (secondary N) is 1. The summed E-state index contributed by atoms with van der Waals surface area (Å²) in [7, 11) is 0. The number of pyridine rings is 1. The molecule has 0 spiro atoms. The molecule has 0 aromatic carbocycles. The van der Waals surface area contributed by atoms with Gasteiger partial charge in [0, 0.05) is 18.5 Å². The first-order chi connectivity index (χ1) is 12.0. The quantitative estimate of drug-likeness (QED) is 0.779. The molecule has 4 nitrogen and oxygen atoms in total. The monoisotopic (exact) mass is 379 g/mol. The minimum absolute atomic E-state index is 0.0196. The average Bonchev–Trinajstić information content (AvgIpc) is 3.26. The smallest absolute Gasteiger partial charge is 0.309 e. The summed E-state index contributed by atoms with van der Waals surface area (Å²) >= 11 is 0. The van der Waals surface area contributed by atoms with Crippen molar-refractivity contribution in [1.82, 2.24) is 9.38 Å². The van der Waals surface area contributed by atoms with Crippen molar-refractivity contribution in [3.63, 3.8) is 0 Å². The van der Waals surface area contributed by atoms with Gasteiger partial charge in [0.15, 0.2) is 5.82 Å². The van der Waals surface area contributed by atoms with Crippen molar-refractivity contribution in [3.05, 3.63) is 29.6 Å². The summed E-state index contributed by atoms with van der Waals surface area (Å²) in [4.78, 5) is 16.0. The van der Waals surface area contributed by atoms with Gasteiger partial charge in [0.1, 0.15) is 5.65 Å². The normalized spacial score (nSPS) is 16.7. The number of hydrogen-bond acceptors (Lipinski definition) is 2. The molecule has 3 rings (SSSR count). The van der Waals surface area contributed by atoms with E-state index in [9.17, 15) is 31.1 Å². The Hall–Kier alpha value is -2.26. The van der Waals surface area contributed by atoms with Crippen molar-refractivity contribution in [1.29, 1.82) is 0 Å². The average molecular weight is 379 g/mol. The number of anilines is 1. The lowest BCUT2D eigenvalue weighted by Crippen LogP contribution is -2.26. The molecule has 142 valence electrons. The van der Waals surface area contributed by atoms with Crippen LogP contribution in [0.3, 0.4) is 0 Å². The molecule has 1 N–H and O–H groups in total. The third-order valence-corrected chi connectivity index (χ3v) is 4.26. The molecule has 1 atom stereocenters. The predicted octanol–water partition coefficient (Wildman–Crippen LogP) is 4.76. The third-order valence-electron chi connectivity index (χ3n) is 4.26. The maximum Gasteiger partial charge on any atom is 0.417 e. The Morgan fingerprint density at radius 2 is 1.92 bits per heavy atom. The van der Waals surface area contributed by atoms with Crippen LogP contribution in [0.25, 0.3) is 5.65 Å². The summed E-state index contributed by atoms with van der Waals surface area (Å²) < 4.78 is 77.8. The van der Waals surface area contributed by atoms with E-state index in [0.29, 0.717) is 18.5 Å². The second-order valence-corrected chi connectivity index (χ2v) is 6.46. The summed E-state index contributed by atoms with van der Waals surface area (Å²) in [5.41, 5.74) is -0.286. The number of aromatic nitrogens is 2. The van der Waals surface area contributed by atoms with Crippen molar-refractivity contribution in [2.24, 2.45) is 5.92 Å². The molecule has 26 heavy (non-hydrogen) atoms. The van der Waals surface area contributed by atoms with Crippen LogP contribution < -0.4 is 5.32 Å². The first kappa shape index (κ1) is 18.5. The number of imidazole rings is 1. The van der Waals surface area contributed by atoms with Crippen molar-refractivity contribution in [3.8, 4) is 0 Å². The fraction of sp³-hybridized carbons (Fsp3) is 0.500. The highest BCUT2D eigenvalue weighted by atomic mass is 19.4. The minimum atomic E-state index is -4.54. The molecule has 1 aliphatic carbocycles. The molecule has 10 heteroatoms. The molecule has 1 aliphatic rings. The second-order valence-electron chi connectivity index (χ2n) is 6.46. The standard InChI is InChI=1S/C16H15F6N3O/c1-8(15(17,18)19)6-12(26)24-14-13(9-2-3-9)25-7-10(16(20,21)22)4-5-11(25)23-14/h4-5,7-9H,2-3,6H2,1H3,(H,24,26)/t8-/m1/s1. The zero-order chi connectivity index (χ0) is 19.3. The number of rotatable bonds is 4. The SMILES string of the molecule is C[C@H](CC(=O)Nc1nc2ccc(C(F)(F)F)cn2c1C1CC1)C(F)(F)F. The van der Waals surface area contributed by atoms with E-state index < -0.39 is 36.2 Å². The van der Waals surface area contributed by atoms with Crippen molar-refractivity contribution >= 4 is 17.4 Å². The Bertz CT molecular complexity index is 835. The summed E-state index contributed by atoms with van der Waals surface area (Å²) in [6.07, 6.45) is -7.50. The Morgan fingerprint density at radius 1 is 1.27 bits per heavy atom. The summed E-state index contributed by atoms with van der Waals surface area (Å²) in [5.74, 6) is -2.77. The molecule has 0 radical (unpaired) electrons. The predicted molar refractivity (Wildman–Crippen MR) is 80.6 cm³/mol. The van der Waals surface area contributed by atoms with Crippen LogP contribution in [0.4, 0.5) is 32.2 Å². The van der Waals surface area contributed by atoms with E-state index in [1.165, 1.54) is 10.5 Å². The van der Waals surface area contributed by atoms with Crippen LogP contribution >= 0.6 is 0 Å². The van der Waals surface area contributed by atoms with Gasteiger partial charge < -0.3 is 9.72 Å². The zero-order valence-electron chi connectivity index (χ0n) is 13.6. The Kier molecular flexibility index (Phi) is 4.40. The molecular weight excluding hydrogens is 364 g/mol. The van der Waals surface area contributed by atoms with Crippen LogP contribution in [0.2, 0.25) is 0 Å². The molecule has 2 aromatic rings. The fourth-order valence-electron chi connectivity index (χ4n) is 2.65. The van der Waals surface area contributed by atoms with Crippen molar-refractivity contribution < 1.29 is 31.1 Å². The topological polar surface area (TPSA) is 46.4 Å². The molecule has 1 amide bonds. The van der Waals surface area contributed by atoms with Gasteiger partial charge in [-0.15, -0.1) is 0 Å². The lowest BCUT2D eigenvalue weighted by molar-refractivity contribution is -0.173. The maximum absolute atomic E-state index is 12.9. The number of carbonyl (C=O) groups excluding carboxylic acids is 1. The van der Waals surface area contributed by atoms with Crippen molar-refractivity contribution in [2.45, 2.75) is 44.5 Å². The summed E-state index contributed by atoms with van der Waals surface area (Å²) in [6, 6.07) is 2.04. The minimum Gasteiger partial charge on any atom is -0.309 e. The lowest BCUT2D eigenvalue weighted by atomic mass is 10.1. The molecular formula is C16H15F6N3O. The zero-order valence-corrected chi connectivity index (χ0v) is 13.6. The summed E-state index contributed by atoms with van der Waals surface area (Å²) in [6.45, 7) is 0.890. The van der Waals surface area contributed by atoms with E-state index >= 15 is 0 Å². The highest BCUT2D eigenvalue weighted by Crippen LogP contribution is 2.44. The highest BCUT2D eigenvalue weighted by Gasteiger charge is 2.38. The van der Waals surface area contributed by atoms with Gasteiger partial charge in [-0.05, 0) is 25.0 Å². The maximum atomic E-state index is 12.9. The number of halogens is 6. The summed E-state index contributed by atoms with van der Waals surface area (Å²) in [5, 5.41) is 2.33. The van der Waals surface area contributed by atoms with E-state index in [0.717, 1.165) is 19.2 Å². The molecule has 0 saturated heterocycles. The number of fused-ring (bicyclic) bond motifs is 1. The van der Waals surface area contributed by atoms with Gasteiger partial charge >= 0.3 is 12.4 Å². The number of amides is 1. The van der Waals surface area contributed by atoms with Gasteiger partial charge in [-0.2, -0.15) is 26.3 Å². The first-order valence-corrected chi connectivity index (χ1v) is 7.92. The third kappa shape index (κ3) is 3.78. The van der Waals surface area contributed by atoms with Crippen molar-refractivity contribution in [2.75, 3.05) is 5.32 Å². The second kappa shape index (κ2) is 6.17. The van der Waals surface area contributed by atoms with Crippen LogP contribution in [-0.2, 0) is 11.0 Å². The van der Waals surface area contributed by atoms with E-state index in [-0.39, 0.29) is 17.4 Å². The molecule has 0 bridgehead atoms. The van der Waals surface area contributed by atoms with Gasteiger partial charge in [0.05, 0.1) is 17.2 Å². The molecule has 1 saturated carbocycles. The van der Waals surface area contributed by atoms with Gasteiger partial charge in [-0.1, -0.05) is 6.92 Å². The van der Waals surface area contributed by atoms with E-state index in [2.05, 4.69) is 10.3 Å². The van der Waals surface area contributed by atoms with E-state index in [1.54, 1.807) is 0 Å². The number of hydrogen-bond donors (Lipinski definition) is 1. The lowest BCUT2D eigenvalue weighted by Gasteiger charge is -2.14. The largest absolute Gasteiger partial charge is 0.417 e. The number of nitrogens with zero attached hydrogens (tertiary/aromatic N) is 2. The molecule has 2 heterocycles. The Labute approximate surface area is 144 Å². The van der Waals surface area contributed by atoms with E-state index in [4.69, 9.17) is 0 Å². The highest BCUT2D eigenvalue weighted by molar-refractivity contribution is 5.91.